The standard InChI is InChI=1S/C16H12Cl2FNS/c17-11-2-4-13(18)10(5-11)6-14(20)16-7-9-1-3-12(19)8-15(9)21-16/h1-5,7-8,14H,6,20H2. The lowest BCUT2D eigenvalue weighted by atomic mass is 10.0. The molecular formula is C16H12Cl2FNS. The van der Waals surface area contributed by atoms with Crippen molar-refractivity contribution >= 4 is 44.6 Å². The van der Waals surface area contributed by atoms with Crippen LogP contribution in [0.15, 0.2) is 42.5 Å². The molecule has 0 radical (unpaired) electrons. The van der Waals surface area contributed by atoms with Gasteiger partial charge in [0.25, 0.3) is 0 Å². The van der Waals surface area contributed by atoms with Crippen LogP contribution in [0.5, 0.6) is 0 Å². The van der Waals surface area contributed by atoms with Crippen molar-refractivity contribution in [2.75, 3.05) is 0 Å². The van der Waals surface area contributed by atoms with Crippen LogP contribution in [0.3, 0.4) is 0 Å². The number of nitrogens with two attached hydrogens (primary N) is 1. The fourth-order valence-corrected chi connectivity index (χ4v) is 3.73. The Morgan fingerprint density at radius 1 is 1.10 bits per heavy atom. The second-order valence-corrected chi connectivity index (χ2v) is 6.84. The maximum atomic E-state index is 13.2. The molecule has 3 rings (SSSR count). The van der Waals surface area contributed by atoms with Crippen molar-refractivity contribution in [3.63, 3.8) is 0 Å². The molecule has 0 bridgehead atoms. The van der Waals surface area contributed by atoms with Gasteiger partial charge in [-0.1, -0.05) is 29.3 Å². The van der Waals surface area contributed by atoms with Gasteiger partial charge in [-0.2, -0.15) is 0 Å². The molecule has 0 aliphatic carbocycles. The highest BCUT2D eigenvalue weighted by Gasteiger charge is 2.13. The van der Waals surface area contributed by atoms with Gasteiger partial charge in [-0.25, -0.2) is 4.39 Å². The molecule has 5 heteroatoms. The monoisotopic (exact) mass is 339 g/mol. The van der Waals surface area contributed by atoms with E-state index in [4.69, 9.17) is 28.9 Å². The van der Waals surface area contributed by atoms with Crippen LogP contribution in [0.25, 0.3) is 10.1 Å². The van der Waals surface area contributed by atoms with Crippen LogP contribution in [-0.4, -0.2) is 0 Å². The van der Waals surface area contributed by atoms with E-state index in [1.54, 1.807) is 18.2 Å². The molecule has 0 amide bonds. The fourth-order valence-electron chi connectivity index (χ4n) is 2.25. The third-order valence-electron chi connectivity index (χ3n) is 3.31. The van der Waals surface area contributed by atoms with E-state index in [9.17, 15) is 4.39 Å². The zero-order valence-corrected chi connectivity index (χ0v) is 13.3. The van der Waals surface area contributed by atoms with Gasteiger partial charge in [0.15, 0.2) is 0 Å². The lowest BCUT2D eigenvalue weighted by molar-refractivity contribution is 0.630. The number of halogens is 3. The molecule has 1 aromatic heterocycles. The fraction of sp³-hybridized carbons (Fsp3) is 0.125. The van der Waals surface area contributed by atoms with Crippen molar-refractivity contribution in [1.82, 2.24) is 0 Å². The summed E-state index contributed by atoms with van der Waals surface area (Å²) in [5, 5.41) is 2.30. The average Bonchev–Trinajstić information content (AvgIpc) is 2.86. The van der Waals surface area contributed by atoms with Crippen molar-refractivity contribution < 1.29 is 4.39 Å². The molecule has 1 heterocycles. The zero-order chi connectivity index (χ0) is 15.0. The molecule has 2 aromatic carbocycles. The summed E-state index contributed by atoms with van der Waals surface area (Å²) in [7, 11) is 0. The molecule has 0 saturated heterocycles. The molecule has 2 N–H and O–H groups in total. The van der Waals surface area contributed by atoms with E-state index in [0.717, 1.165) is 20.5 Å². The van der Waals surface area contributed by atoms with Crippen LogP contribution in [0.1, 0.15) is 16.5 Å². The molecule has 0 saturated carbocycles. The molecule has 0 aliphatic heterocycles. The Bertz CT molecular complexity index is 800. The smallest absolute Gasteiger partial charge is 0.124 e. The molecule has 108 valence electrons. The minimum atomic E-state index is -0.234. The van der Waals surface area contributed by atoms with Gasteiger partial charge in [0.1, 0.15) is 5.82 Å². The normalized spacial score (nSPS) is 12.8. The van der Waals surface area contributed by atoms with Gasteiger partial charge in [-0.3, -0.25) is 0 Å². The maximum Gasteiger partial charge on any atom is 0.124 e. The third-order valence-corrected chi connectivity index (χ3v) is 5.15. The summed E-state index contributed by atoms with van der Waals surface area (Å²) in [6, 6.07) is 11.9. The van der Waals surface area contributed by atoms with Crippen molar-refractivity contribution in [3.05, 3.63) is 68.8 Å². The first-order valence-electron chi connectivity index (χ1n) is 6.41. The quantitative estimate of drug-likeness (QED) is 0.661. The first kappa shape index (κ1) is 14.8. The van der Waals surface area contributed by atoms with Gasteiger partial charge >= 0.3 is 0 Å². The number of benzene rings is 2. The highest BCUT2D eigenvalue weighted by molar-refractivity contribution is 7.19. The second-order valence-electron chi connectivity index (χ2n) is 4.88. The van der Waals surface area contributed by atoms with Crippen molar-refractivity contribution in [3.8, 4) is 0 Å². The first-order valence-corrected chi connectivity index (χ1v) is 7.98. The molecule has 1 unspecified atom stereocenters. The van der Waals surface area contributed by atoms with Gasteiger partial charge in [0, 0.05) is 25.7 Å². The van der Waals surface area contributed by atoms with Gasteiger partial charge in [0.05, 0.1) is 0 Å². The summed E-state index contributed by atoms with van der Waals surface area (Å²) in [6.45, 7) is 0. The Morgan fingerprint density at radius 2 is 1.90 bits per heavy atom. The van der Waals surface area contributed by atoms with Crippen LogP contribution < -0.4 is 5.73 Å². The summed E-state index contributed by atoms with van der Waals surface area (Å²) >= 11 is 13.7. The Balaban J connectivity index is 1.89. The van der Waals surface area contributed by atoms with Gasteiger partial charge in [-0.05, 0) is 53.8 Å². The molecular weight excluding hydrogens is 328 g/mol. The third kappa shape index (κ3) is 3.22. The molecule has 21 heavy (non-hydrogen) atoms. The maximum absolute atomic E-state index is 13.2. The Morgan fingerprint density at radius 3 is 2.71 bits per heavy atom. The number of thiophene rings is 1. The minimum Gasteiger partial charge on any atom is -0.323 e. The highest BCUT2D eigenvalue weighted by atomic mass is 35.5. The summed E-state index contributed by atoms with van der Waals surface area (Å²) in [4.78, 5) is 1.01. The zero-order valence-electron chi connectivity index (χ0n) is 10.9. The number of fused-ring (bicyclic) bond motifs is 1. The summed E-state index contributed by atoms with van der Waals surface area (Å²) in [6.07, 6.45) is 0.592. The van der Waals surface area contributed by atoms with Crippen molar-refractivity contribution in [2.45, 2.75) is 12.5 Å². The Hall–Kier alpha value is -1.13. The van der Waals surface area contributed by atoms with E-state index in [-0.39, 0.29) is 11.9 Å². The SMILES string of the molecule is NC(Cc1cc(Cl)ccc1Cl)c1cc2ccc(F)cc2s1. The van der Waals surface area contributed by atoms with E-state index in [2.05, 4.69) is 0 Å². The van der Waals surface area contributed by atoms with E-state index in [0.29, 0.717) is 16.5 Å². The van der Waals surface area contributed by atoms with Crippen LogP contribution in [0, 0.1) is 5.82 Å². The van der Waals surface area contributed by atoms with Crippen LogP contribution in [-0.2, 0) is 6.42 Å². The van der Waals surface area contributed by atoms with Gasteiger partial charge < -0.3 is 5.73 Å². The number of hydrogen-bond acceptors (Lipinski definition) is 2. The van der Waals surface area contributed by atoms with Crippen molar-refractivity contribution in [2.24, 2.45) is 5.73 Å². The predicted molar refractivity (Wildman–Crippen MR) is 88.9 cm³/mol. The van der Waals surface area contributed by atoms with Gasteiger partial charge in [-0.15, -0.1) is 11.3 Å². The molecule has 1 nitrogen and oxygen atoms in total. The first-order chi connectivity index (χ1) is 10.0. The van der Waals surface area contributed by atoms with Crippen LogP contribution in [0.2, 0.25) is 10.0 Å². The number of hydrogen-bond donors (Lipinski definition) is 1. The summed E-state index contributed by atoms with van der Waals surface area (Å²) < 4.78 is 14.1. The van der Waals surface area contributed by atoms with E-state index >= 15 is 0 Å². The van der Waals surface area contributed by atoms with E-state index in [1.165, 1.54) is 23.5 Å². The molecule has 0 fully saturated rings. The predicted octanol–water partition coefficient (Wildman–Crippen LogP) is 5.59. The average molecular weight is 340 g/mol. The lowest BCUT2D eigenvalue weighted by Gasteiger charge is -2.11. The molecule has 0 aliphatic rings. The van der Waals surface area contributed by atoms with Crippen molar-refractivity contribution in [1.29, 1.82) is 0 Å². The Kier molecular flexibility index (Phi) is 4.18. The van der Waals surface area contributed by atoms with E-state index < -0.39 is 0 Å². The minimum absolute atomic E-state index is 0.193. The summed E-state index contributed by atoms with van der Waals surface area (Å²) in [5.74, 6) is -0.234. The summed E-state index contributed by atoms with van der Waals surface area (Å²) in [5.41, 5.74) is 7.18. The Labute approximate surface area is 136 Å². The highest BCUT2D eigenvalue weighted by Crippen LogP contribution is 2.32. The van der Waals surface area contributed by atoms with Gasteiger partial charge in [0.2, 0.25) is 0 Å². The number of rotatable bonds is 3. The molecule has 3 aromatic rings. The van der Waals surface area contributed by atoms with Crippen LogP contribution >= 0.6 is 34.5 Å². The van der Waals surface area contributed by atoms with Crippen LogP contribution in [0.4, 0.5) is 4.39 Å². The van der Waals surface area contributed by atoms with E-state index in [1.807, 2.05) is 12.1 Å². The molecule has 1 atom stereocenters. The largest absolute Gasteiger partial charge is 0.323 e. The molecule has 0 spiro atoms. The topological polar surface area (TPSA) is 26.0 Å². The second kappa shape index (κ2) is 5.93. The lowest BCUT2D eigenvalue weighted by Crippen LogP contribution is -2.12.